The molecule has 0 atom stereocenters. The summed E-state index contributed by atoms with van der Waals surface area (Å²) in [6.07, 6.45) is 0. The Balaban J connectivity index is 2.25. The molecule has 19 heavy (non-hydrogen) atoms. The van der Waals surface area contributed by atoms with Gasteiger partial charge in [0.1, 0.15) is 5.82 Å². The maximum absolute atomic E-state index is 14.0. The Bertz CT molecular complexity index is 555. The fourth-order valence-electron chi connectivity index (χ4n) is 1.52. The predicted molar refractivity (Wildman–Crippen MR) is 71.3 cm³/mol. The molecule has 1 N–H and O–H groups in total. The molecule has 0 saturated heterocycles. The highest BCUT2D eigenvalue weighted by Crippen LogP contribution is 2.30. The zero-order valence-corrected chi connectivity index (χ0v) is 11.9. The second kappa shape index (κ2) is 6.12. The van der Waals surface area contributed by atoms with E-state index in [2.05, 4.69) is 34.7 Å². The van der Waals surface area contributed by atoms with Crippen LogP contribution < -0.4 is 5.32 Å². The van der Waals surface area contributed by atoms with Gasteiger partial charge in [0.2, 0.25) is 5.16 Å². The van der Waals surface area contributed by atoms with E-state index in [4.69, 9.17) is 0 Å². The average molecular weight is 281 g/mol. The molecule has 0 amide bonds. The van der Waals surface area contributed by atoms with Crippen molar-refractivity contribution in [3.05, 3.63) is 29.6 Å². The lowest BCUT2D eigenvalue weighted by atomic mass is 10.2. The molecule has 102 valence electrons. The molecule has 2 rings (SSSR count). The molecule has 0 unspecified atom stereocenters. The second-order valence-electron chi connectivity index (χ2n) is 4.45. The largest absolute Gasteiger partial charge is 0.310 e. The molecule has 1 heterocycles. The summed E-state index contributed by atoms with van der Waals surface area (Å²) in [4.78, 5) is 0.563. The Morgan fingerprint density at radius 3 is 2.84 bits per heavy atom. The maximum Gasteiger partial charge on any atom is 0.213 e. The molecule has 0 aliphatic carbocycles. The highest BCUT2D eigenvalue weighted by atomic mass is 32.2. The first kappa shape index (κ1) is 14.0. The van der Waals surface area contributed by atoms with Crippen molar-refractivity contribution in [2.45, 2.75) is 36.5 Å². The topological polar surface area (TPSA) is 55.6 Å². The predicted octanol–water partition coefficient (Wildman–Crippen LogP) is 2.00. The standard InChI is InChI=1S/C12H16FN5S/c1-8(2)14-7-9-5-4-6-10(13)11(9)19-12-15-16-17-18(12)3/h4-6,8,14H,7H2,1-3H3. The summed E-state index contributed by atoms with van der Waals surface area (Å²) in [5, 5.41) is 15.0. The van der Waals surface area contributed by atoms with Crippen LogP contribution in [0.15, 0.2) is 28.3 Å². The smallest absolute Gasteiger partial charge is 0.213 e. The lowest BCUT2D eigenvalue weighted by molar-refractivity contribution is 0.564. The Morgan fingerprint density at radius 1 is 1.42 bits per heavy atom. The van der Waals surface area contributed by atoms with Crippen LogP contribution in [0.3, 0.4) is 0 Å². The molecule has 0 saturated carbocycles. The molecule has 0 radical (unpaired) electrons. The maximum atomic E-state index is 14.0. The first-order chi connectivity index (χ1) is 9.08. The van der Waals surface area contributed by atoms with Crippen LogP contribution in [0, 0.1) is 5.82 Å². The van der Waals surface area contributed by atoms with E-state index in [0.29, 0.717) is 22.6 Å². The van der Waals surface area contributed by atoms with Crippen LogP contribution in [0.4, 0.5) is 4.39 Å². The van der Waals surface area contributed by atoms with E-state index < -0.39 is 0 Å². The van der Waals surface area contributed by atoms with Gasteiger partial charge in [0.25, 0.3) is 0 Å². The van der Waals surface area contributed by atoms with E-state index in [1.807, 2.05) is 6.07 Å². The van der Waals surface area contributed by atoms with Crippen molar-refractivity contribution in [2.75, 3.05) is 0 Å². The van der Waals surface area contributed by atoms with Crippen molar-refractivity contribution >= 4 is 11.8 Å². The number of rotatable bonds is 5. The number of nitrogens with zero attached hydrogens (tertiary/aromatic N) is 4. The Kier molecular flexibility index (Phi) is 4.49. The Morgan fingerprint density at radius 2 is 2.21 bits per heavy atom. The van der Waals surface area contributed by atoms with Gasteiger partial charge in [0.05, 0.1) is 4.90 Å². The van der Waals surface area contributed by atoms with Crippen LogP contribution in [0.1, 0.15) is 19.4 Å². The molecular formula is C12H16FN5S. The first-order valence-corrected chi connectivity index (χ1v) is 6.80. The first-order valence-electron chi connectivity index (χ1n) is 5.99. The summed E-state index contributed by atoms with van der Waals surface area (Å²) in [5.41, 5.74) is 0.904. The number of tetrazole rings is 1. The number of hydrogen-bond donors (Lipinski definition) is 1. The van der Waals surface area contributed by atoms with E-state index in [0.717, 1.165) is 5.56 Å². The van der Waals surface area contributed by atoms with Crippen LogP contribution in [-0.2, 0) is 13.6 Å². The van der Waals surface area contributed by atoms with Gasteiger partial charge in [0, 0.05) is 19.6 Å². The summed E-state index contributed by atoms with van der Waals surface area (Å²) in [5.74, 6) is -0.254. The lowest BCUT2D eigenvalue weighted by Gasteiger charge is -2.12. The van der Waals surface area contributed by atoms with Gasteiger partial charge < -0.3 is 5.32 Å². The Labute approximate surface area is 115 Å². The number of halogens is 1. The highest BCUT2D eigenvalue weighted by molar-refractivity contribution is 7.99. The molecule has 0 bridgehead atoms. The van der Waals surface area contributed by atoms with E-state index in [-0.39, 0.29) is 5.82 Å². The summed E-state index contributed by atoms with van der Waals surface area (Å²) in [6, 6.07) is 5.42. The minimum absolute atomic E-state index is 0.254. The van der Waals surface area contributed by atoms with Gasteiger partial charge in [-0.1, -0.05) is 26.0 Å². The van der Waals surface area contributed by atoms with Crippen LogP contribution in [0.5, 0.6) is 0 Å². The minimum Gasteiger partial charge on any atom is -0.310 e. The number of nitrogens with one attached hydrogen (secondary N) is 1. The van der Waals surface area contributed by atoms with Crippen LogP contribution in [0.2, 0.25) is 0 Å². The van der Waals surface area contributed by atoms with Crippen molar-refractivity contribution in [3.63, 3.8) is 0 Å². The molecule has 0 aliphatic rings. The van der Waals surface area contributed by atoms with Crippen molar-refractivity contribution in [2.24, 2.45) is 7.05 Å². The highest BCUT2D eigenvalue weighted by Gasteiger charge is 2.13. The van der Waals surface area contributed by atoms with Gasteiger partial charge in [-0.25, -0.2) is 9.07 Å². The third-order valence-electron chi connectivity index (χ3n) is 2.52. The van der Waals surface area contributed by atoms with Gasteiger partial charge in [-0.05, 0) is 33.8 Å². The fraction of sp³-hybridized carbons (Fsp3) is 0.417. The molecule has 5 nitrogen and oxygen atoms in total. The van der Waals surface area contributed by atoms with Crippen LogP contribution >= 0.6 is 11.8 Å². The van der Waals surface area contributed by atoms with Gasteiger partial charge in [-0.15, -0.1) is 5.10 Å². The molecule has 1 aromatic carbocycles. The van der Waals surface area contributed by atoms with Crippen LogP contribution in [0.25, 0.3) is 0 Å². The summed E-state index contributed by atoms with van der Waals surface area (Å²) >= 11 is 1.24. The van der Waals surface area contributed by atoms with Crippen molar-refractivity contribution in [3.8, 4) is 0 Å². The van der Waals surface area contributed by atoms with Gasteiger partial charge in [0.15, 0.2) is 0 Å². The molecule has 0 spiro atoms. The number of benzene rings is 1. The van der Waals surface area contributed by atoms with Crippen molar-refractivity contribution in [1.29, 1.82) is 0 Å². The summed E-state index contributed by atoms with van der Waals surface area (Å²) in [7, 11) is 1.73. The van der Waals surface area contributed by atoms with Crippen molar-refractivity contribution in [1.82, 2.24) is 25.5 Å². The molecule has 0 aliphatic heterocycles. The summed E-state index contributed by atoms with van der Waals surface area (Å²) < 4.78 is 15.5. The second-order valence-corrected chi connectivity index (χ2v) is 5.43. The van der Waals surface area contributed by atoms with Gasteiger partial charge in [-0.3, -0.25) is 0 Å². The van der Waals surface area contributed by atoms with Crippen LogP contribution in [-0.4, -0.2) is 26.2 Å². The lowest BCUT2D eigenvalue weighted by Crippen LogP contribution is -2.22. The number of aromatic nitrogens is 4. The number of hydrogen-bond acceptors (Lipinski definition) is 5. The molecular weight excluding hydrogens is 265 g/mol. The van der Waals surface area contributed by atoms with E-state index in [1.54, 1.807) is 13.1 Å². The zero-order chi connectivity index (χ0) is 13.8. The zero-order valence-electron chi connectivity index (χ0n) is 11.1. The van der Waals surface area contributed by atoms with Gasteiger partial charge in [-0.2, -0.15) is 0 Å². The number of aryl methyl sites for hydroxylation is 1. The summed E-state index contributed by atoms with van der Waals surface area (Å²) in [6.45, 7) is 4.72. The molecule has 1 aromatic heterocycles. The third kappa shape index (κ3) is 3.51. The quantitative estimate of drug-likeness (QED) is 0.908. The fourth-order valence-corrected chi connectivity index (χ4v) is 2.39. The third-order valence-corrected chi connectivity index (χ3v) is 3.71. The molecule has 2 aromatic rings. The van der Waals surface area contributed by atoms with Gasteiger partial charge >= 0.3 is 0 Å². The van der Waals surface area contributed by atoms with Crippen molar-refractivity contribution < 1.29 is 4.39 Å². The molecule has 7 heteroatoms. The molecule has 0 fully saturated rings. The SMILES string of the molecule is CC(C)NCc1cccc(F)c1Sc1nnnn1C. The van der Waals surface area contributed by atoms with E-state index in [1.165, 1.54) is 22.5 Å². The Hall–Kier alpha value is -1.47. The monoisotopic (exact) mass is 281 g/mol. The minimum atomic E-state index is -0.254. The average Bonchev–Trinajstić information content (AvgIpc) is 2.76. The van der Waals surface area contributed by atoms with E-state index in [9.17, 15) is 4.39 Å². The van der Waals surface area contributed by atoms with E-state index >= 15 is 0 Å². The normalized spacial score (nSPS) is 11.2.